The normalized spacial score (nSPS) is 10.7. The molecule has 0 spiro atoms. The third kappa shape index (κ3) is 3.63. The number of nitrogens with zero attached hydrogens (tertiary/aromatic N) is 1. The molecule has 0 aliphatic carbocycles. The fourth-order valence-corrected chi connectivity index (χ4v) is 2.06. The second kappa shape index (κ2) is 5.85. The Morgan fingerprint density at radius 1 is 1.60 bits per heavy atom. The molecule has 0 aromatic carbocycles. The SMILES string of the molecule is CCc1ncsc1C(=O)NCCC(C)C. The third-order valence-electron chi connectivity index (χ3n) is 2.19. The van der Waals surface area contributed by atoms with Crippen molar-refractivity contribution >= 4 is 17.2 Å². The number of nitrogens with one attached hydrogen (secondary N) is 1. The van der Waals surface area contributed by atoms with Crippen LogP contribution in [0.3, 0.4) is 0 Å². The number of thiazole rings is 1. The highest BCUT2D eigenvalue weighted by Crippen LogP contribution is 2.13. The zero-order valence-electron chi connectivity index (χ0n) is 9.54. The van der Waals surface area contributed by atoms with Crippen LogP contribution in [0.5, 0.6) is 0 Å². The Morgan fingerprint density at radius 2 is 2.33 bits per heavy atom. The standard InChI is InChI=1S/C11H18N2OS/c1-4-9-10(15-7-13-9)11(14)12-6-5-8(2)3/h7-8H,4-6H2,1-3H3,(H,12,14). The molecule has 1 heterocycles. The number of carbonyl (C=O) groups is 1. The number of hydrogen-bond acceptors (Lipinski definition) is 3. The third-order valence-corrected chi connectivity index (χ3v) is 3.06. The van der Waals surface area contributed by atoms with Crippen molar-refractivity contribution in [2.75, 3.05) is 6.54 Å². The lowest BCUT2D eigenvalue weighted by molar-refractivity contribution is 0.0955. The van der Waals surface area contributed by atoms with Crippen molar-refractivity contribution < 1.29 is 4.79 Å². The Morgan fingerprint density at radius 3 is 2.93 bits per heavy atom. The maximum atomic E-state index is 11.7. The summed E-state index contributed by atoms with van der Waals surface area (Å²) in [6, 6.07) is 0. The van der Waals surface area contributed by atoms with Gasteiger partial charge < -0.3 is 5.32 Å². The van der Waals surface area contributed by atoms with Gasteiger partial charge in [0.2, 0.25) is 0 Å². The van der Waals surface area contributed by atoms with Crippen LogP contribution in [0.4, 0.5) is 0 Å². The number of rotatable bonds is 5. The second-order valence-electron chi connectivity index (χ2n) is 3.92. The van der Waals surface area contributed by atoms with Crippen molar-refractivity contribution in [3.8, 4) is 0 Å². The fourth-order valence-electron chi connectivity index (χ4n) is 1.26. The minimum Gasteiger partial charge on any atom is -0.351 e. The number of carbonyl (C=O) groups excluding carboxylic acids is 1. The van der Waals surface area contributed by atoms with E-state index in [1.807, 2.05) is 6.92 Å². The molecule has 84 valence electrons. The van der Waals surface area contributed by atoms with Gasteiger partial charge in [-0.15, -0.1) is 11.3 Å². The quantitative estimate of drug-likeness (QED) is 0.838. The van der Waals surface area contributed by atoms with Crippen LogP contribution in [-0.2, 0) is 6.42 Å². The van der Waals surface area contributed by atoms with Gasteiger partial charge in [0.15, 0.2) is 0 Å². The number of aryl methyl sites for hydroxylation is 1. The molecule has 0 unspecified atom stereocenters. The first kappa shape index (κ1) is 12.2. The molecule has 4 heteroatoms. The maximum absolute atomic E-state index is 11.7. The highest BCUT2D eigenvalue weighted by atomic mass is 32.1. The second-order valence-corrected chi connectivity index (χ2v) is 4.77. The average Bonchev–Trinajstić information content (AvgIpc) is 2.64. The molecule has 1 aromatic rings. The highest BCUT2D eigenvalue weighted by Gasteiger charge is 2.12. The van der Waals surface area contributed by atoms with E-state index in [1.54, 1.807) is 5.51 Å². The lowest BCUT2D eigenvalue weighted by Gasteiger charge is -2.06. The molecule has 15 heavy (non-hydrogen) atoms. The van der Waals surface area contributed by atoms with Gasteiger partial charge in [-0.2, -0.15) is 0 Å². The van der Waals surface area contributed by atoms with Crippen molar-refractivity contribution in [2.45, 2.75) is 33.6 Å². The van der Waals surface area contributed by atoms with E-state index in [2.05, 4.69) is 24.1 Å². The van der Waals surface area contributed by atoms with Crippen LogP contribution in [-0.4, -0.2) is 17.4 Å². The van der Waals surface area contributed by atoms with E-state index in [9.17, 15) is 4.79 Å². The number of hydrogen-bond donors (Lipinski definition) is 1. The molecule has 0 saturated carbocycles. The van der Waals surface area contributed by atoms with E-state index < -0.39 is 0 Å². The zero-order valence-corrected chi connectivity index (χ0v) is 10.4. The molecule has 1 rings (SSSR count). The topological polar surface area (TPSA) is 42.0 Å². The predicted octanol–water partition coefficient (Wildman–Crippen LogP) is 2.48. The molecule has 0 fully saturated rings. The van der Waals surface area contributed by atoms with Gasteiger partial charge in [-0.3, -0.25) is 4.79 Å². The average molecular weight is 226 g/mol. The Hall–Kier alpha value is -0.900. The summed E-state index contributed by atoms with van der Waals surface area (Å²) in [5.74, 6) is 0.646. The lowest BCUT2D eigenvalue weighted by atomic mass is 10.1. The summed E-state index contributed by atoms with van der Waals surface area (Å²) in [5.41, 5.74) is 2.64. The van der Waals surface area contributed by atoms with E-state index in [1.165, 1.54) is 11.3 Å². The van der Waals surface area contributed by atoms with Gasteiger partial charge in [0.1, 0.15) is 4.88 Å². The van der Waals surface area contributed by atoms with E-state index in [0.29, 0.717) is 5.92 Å². The van der Waals surface area contributed by atoms with Gasteiger partial charge in [0, 0.05) is 6.54 Å². The molecule has 0 bridgehead atoms. The summed E-state index contributed by atoms with van der Waals surface area (Å²) < 4.78 is 0. The van der Waals surface area contributed by atoms with Crippen molar-refractivity contribution in [1.29, 1.82) is 0 Å². The van der Waals surface area contributed by atoms with E-state index >= 15 is 0 Å². The summed E-state index contributed by atoms with van der Waals surface area (Å²) in [6.07, 6.45) is 1.84. The summed E-state index contributed by atoms with van der Waals surface area (Å²) in [7, 11) is 0. The molecular formula is C11H18N2OS. The number of amides is 1. The van der Waals surface area contributed by atoms with E-state index in [-0.39, 0.29) is 5.91 Å². The summed E-state index contributed by atoms with van der Waals surface area (Å²) in [5, 5.41) is 2.92. The van der Waals surface area contributed by atoms with Crippen LogP contribution in [0.15, 0.2) is 5.51 Å². The summed E-state index contributed by atoms with van der Waals surface area (Å²) >= 11 is 1.42. The molecule has 3 nitrogen and oxygen atoms in total. The number of aromatic nitrogens is 1. The molecule has 0 aliphatic heterocycles. The Bertz CT molecular complexity index is 320. The van der Waals surface area contributed by atoms with Gasteiger partial charge in [-0.05, 0) is 18.8 Å². The lowest BCUT2D eigenvalue weighted by Crippen LogP contribution is -2.25. The van der Waals surface area contributed by atoms with Crippen LogP contribution < -0.4 is 5.32 Å². The monoisotopic (exact) mass is 226 g/mol. The zero-order chi connectivity index (χ0) is 11.3. The fraction of sp³-hybridized carbons (Fsp3) is 0.636. The van der Waals surface area contributed by atoms with Crippen molar-refractivity contribution in [3.63, 3.8) is 0 Å². The van der Waals surface area contributed by atoms with Gasteiger partial charge in [-0.25, -0.2) is 4.98 Å². The van der Waals surface area contributed by atoms with Gasteiger partial charge >= 0.3 is 0 Å². The maximum Gasteiger partial charge on any atom is 0.263 e. The van der Waals surface area contributed by atoms with Crippen LogP contribution in [0.1, 0.15) is 42.6 Å². The van der Waals surface area contributed by atoms with Crippen LogP contribution >= 0.6 is 11.3 Å². The molecule has 1 aromatic heterocycles. The summed E-state index contributed by atoms with van der Waals surface area (Å²) in [6.45, 7) is 7.06. The smallest absolute Gasteiger partial charge is 0.263 e. The Labute approximate surface area is 94.9 Å². The molecule has 0 saturated heterocycles. The van der Waals surface area contributed by atoms with Crippen molar-refractivity contribution in [3.05, 3.63) is 16.1 Å². The van der Waals surface area contributed by atoms with Crippen LogP contribution in [0.2, 0.25) is 0 Å². The van der Waals surface area contributed by atoms with Gasteiger partial charge in [0.25, 0.3) is 5.91 Å². The minimum atomic E-state index is 0.0231. The van der Waals surface area contributed by atoms with E-state index in [0.717, 1.165) is 30.0 Å². The predicted molar refractivity (Wildman–Crippen MR) is 63.3 cm³/mol. The minimum absolute atomic E-state index is 0.0231. The molecule has 0 radical (unpaired) electrons. The molecule has 0 atom stereocenters. The first-order valence-corrected chi connectivity index (χ1v) is 6.23. The Kier molecular flexibility index (Phi) is 4.75. The largest absolute Gasteiger partial charge is 0.351 e. The first-order chi connectivity index (χ1) is 7.15. The van der Waals surface area contributed by atoms with E-state index in [4.69, 9.17) is 0 Å². The summed E-state index contributed by atoms with van der Waals surface area (Å²) in [4.78, 5) is 16.6. The first-order valence-electron chi connectivity index (χ1n) is 5.35. The van der Waals surface area contributed by atoms with Gasteiger partial charge in [-0.1, -0.05) is 20.8 Å². The Balaban J connectivity index is 2.47. The molecular weight excluding hydrogens is 208 g/mol. The van der Waals surface area contributed by atoms with Gasteiger partial charge in [0.05, 0.1) is 11.2 Å². The van der Waals surface area contributed by atoms with Crippen LogP contribution in [0, 0.1) is 5.92 Å². The molecule has 1 N–H and O–H groups in total. The van der Waals surface area contributed by atoms with Crippen molar-refractivity contribution in [2.24, 2.45) is 5.92 Å². The van der Waals surface area contributed by atoms with Crippen LogP contribution in [0.25, 0.3) is 0 Å². The highest BCUT2D eigenvalue weighted by molar-refractivity contribution is 7.11. The molecule has 1 amide bonds. The van der Waals surface area contributed by atoms with Crippen molar-refractivity contribution in [1.82, 2.24) is 10.3 Å². The molecule has 0 aliphatic rings.